The molecule has 22 heavy (non-hydrogen) atoms. The Bertz CT molecular complexity index is 783. The molecule has 0 aliphatic heterocycles. The number of aryl methyl sites for hydroxylation is 2. The van der Waals surface area contributed by atoms with Crippen molar-refractivity contribution in [3.63, 3.8) is 0 Å². The van der Waals surface area contributed by atoms with Gasteiger partial charge < -0.3 is 10.2 Å². The summed E-state index contributed by atoms with van der Waals surface area (Å²) in [6.07, 6.45) is 2.18. The lowest BCUT2D eigenvalue weighted by molar-refractivity contribution is -0.123. The molecule has 0 amide bonds. The Kier molecular flexibility index (Phi) is 2.68. The number of carbonyl (C=O) groups is 1. The minimum atomic E-state index is -0.252. The predicted molar refractivity (Wildman–Crippen MR) is 82.9 cm³/mol. The summed E-state index contributed by atoms with van der Waals surface area (Å²) in [6, 6.07) is 5.91. The van der Waals surface area contributed by atoms with Crippen LogP contribution in [0.1, 0.15) is 53.4 Å². The maximum Gasteiger partial charge on any atom is 0.202 e. The van der Waals surface area contributed by atoms with E-state index in [9.17, 15) is 15.0 Å². The molecule has 2 N–H and O–H groups in total. The third-order valence-corrected chi connectivity index (χ3v) is 5.06. The molecule has 5 rings (SSSR count). The zero-order valence-electron chi connectivity index (χ0n) is 12.8. The number of aromatic nitrogens is 1. The van der Waals surface area contributed by atoms with Crippen molar-refractivity contribution >= 4 is 5.78 Å². The first kappa shape index (κ1) is 13.4. The van der Waals surface area contributed by atoms with E-state index in [1.165, 1.54) is 4.57 Å². The molecule has 0 unspecified atom stereocenters. The van der Waals surface area contributed by atoms with Crippen LogP contribution in [0.15, 0.2) is 18.2 Å². The molecule has 1 aromatic heterocycles. The van der Waals surface area contributed by atoms with Crippen molar-refractivity contribution in [1.29, 1.82) is 0 Å². The van der Waals surface area contributed by atoms with E-state index >= 15 is 0 Å². The normalized spacial score (nSPS) is 22.9. The molecule has 2 atom stereocenters. The van der Waals surface area contributed by atoms with E-state index in [0.29, 0.717) is 12.0 Å². The molecule has 4 nitrogen and oxygen atoms in total. The number of hydrogen-bond acceptors (Lipinski definition) is 3. The highest BCUT2D eigenvalue weighted by Crippen LogP contribution is 2.55. The lowest BCUT2D eigenvalue weighted by Gasteiger charge is -2.34. The fourth-order valence-electron chi connectivity index (χ4n) is 4.22. The van der Waals surface area contributed by atoms with Crippen LogP contribution in [0, 0.1) is 13.8 Å². The minimum Gasteiger partial charge on any atom is -0.494 e. The van der Waals surface area contributed by atoms with E-state index in [-0.39, 0.29) is 29.4 Å². The van der Waals surface area contributed by atoms with E-state index in [0.717, 1.165) is 35.2 Å². The summed E-state index contributed by atoms with van der Waals surface area (Å²) in [7, 11) is 0. The fraction of sp³-hybridized carbons (Fsp3) is 0.389. The van der Waals surface area contributed by atoms with Gasteiger partial charge in [-0.05, 0) is 55.9 Å². The van der Waals surface area contributed by atoms with Gasteiger partial charge >= 0.3 is 0 Å². The van der Waals surface area contributed by atoms with Crippen molar-refractivity contribution < 1.29 is 15.0 Å². The lowest BCUT2D eigenvalue weighted by atomic mass is 9.67. The Morgan fingerprint density at radius 2 is 1.64 bits per heavy atom. The third kappa shape index (κ3) is 1.67. The molecule has 2 aromatic rings. The molecule has 4 heteroatoms. The summed E-state index contributed by atoms with van der Waals surface area (Å²) in [6.45, 7) is 3.97. The summed E-state index contributed by atoms with van der Waals surface area (Å²) in [4.78, 5) is 12.1. The molecular weight excluding hydrogens is 278 g/mol. The second-order valence-electron chi connectivity index (χ2n) is 6.65. The fourth-order valence-corrected chi connectivity index (χ4v) is 4.22. The van der Waals surface area contributed by atoms with Gasteiger partial charge in [0.05, 0.1) is 5.69 Å². The van der Waals surface area contributed by atoms with E-state index < -0.39 is 0 Å². The van der Waals surface area contributed by atoms with E-state index in [2.05, 4.69) is 0 Å². The van der Waals surface area contributed by atoms with Gasteiger partial charge in [-0.1, -0.05) is 6.07 Å². The van der Waals surface area contributed by atoms with Crippen LogP contribution in [-0.2, 0) is 4.79 Å². The number of nitrogens with zero attached hydrogens (tertiary/aromatic N) is 1. The largest absolute Gasteiger partial charge is 0.494 e. The van der Waals surface area contributed by atoms with Gasteiger partial charge in [0.25, 0.3) is 0 Å². The zero-order valence-corrected chi connectivity index (χ0v) is 12.8. The standard InChI is InChI=1S/C18H19NO3/c1-9-5-10(2)7-12(6-9)19-17(21)15-11-3-4-13(14(20)8-11)16(15)18(19)22/h5-7,11,13,21-22H,3-4,8H2,1-2H3/t11-,13+/m0/s1. The molecule has 1 saturated carbocycles. The maximum absolute atomic E-state index is 12.1. The first-order valence-electron chi connectivity index (χ1n) is 7.75. The molecule has 2 bridgehead atoms. The predicted octanol–water partition coefficient (Wildman–Crippen LogP) is 3.44. The smallest absolute Gasteiger partial charge is 0.202 e. The molecule has 114 valence electrons. The van der Waals surface area contributed by atoms with Crippen molar-refractivity contribution in [2.24, 2.45) is 0 Å². The number of fused-ring (bicyclic) bond motifs is 2. The van der Waals surface area contributed by atoms with Gasteiger partial charge in [0.15, 0.2) is 0 Å². The SMILES string of the molecule is Cc1cc(C)cc(-n2c(O)c3c(c2O)[C@@H]2CC[C@H]3CC2=O)c1. The molecule has 0 spiro atoms. The highest BCUT2D eigenvalue weighted by molar-refractivity contribution is 5.91. The van der Waals surface area contributed by atoms with E-state index in [1.807, 2.05) is 32.0 Å². The minimum absolute atomic E-state index is 0.0280. The van der Waals surface area contributed by atoms with Gasteiger partial charge in [-0.2, -0.15) is 0 Å². The number of carbonyl (C=O) groups excluding carboxylic acids is 1. The molecule has 1 fully saturated rings. The van der Waals surface area contributed by atoms with Crippen LogP contribution in [-0.4, -0.2) is 20.6 Å². The summed E-state index contributed by atoms with van der Waals surface area (Å²) >= 11 is 0. The quantitative estimate of drug-likeness (QED) is 0.847. The number of ketones is 1. The Balaban J connectivity index is 1.98. The lowest BCUT2D eigenvalue weighted by Crippen LogP contribution is -2.28. The topological polar surface area (TPSA) is 62.5 Å². The molecule has 1 heterocycles. The number of Topliss-reactive ketones (excluding diaryl/α,β-unsaturated/α-hetero) is 1. The van der Waals surface area contributed by atoms with Crippen molar-refractivity contribution in [2.75, 3.05) is 0 Å². The third-order valence-electron chi connectivity index (χ3n) is 5.06. The first-order valence-corrected chi connectivity index (χ1v) is 7.75. The Hall–Kier alpha value is -2.23. The number of benzene rings is 1. The van der Waals surface area contributed by atoms with Crippen LogP contribution in [0.3, 0.4) is 0 Å². The average molecular weight is 297 g/mol. The molecule has 1 aromatic carbocycles. The maximum atomic E-state index is 12.1. The number of aromatic hydroxyl groups is 2. The van der Waals surface area contributed by atoms with Gasteiger partial charge in [-0.15, -0.1) is 0 Å². The second kappa shape index (κ2) is 4.38. The second-order valence-corrected chi connectivity index (χ2v) is 6.65. The molecule has 3 aliphatic carbocycles. The highest BCUT2D eigenvalue weighted by Gasteiger charge is 2.45. The van der Waals surface area contributed by atoms with E-state index in [4.69, 9.17) is 0 Å². The van der Waals surface area contributed by atoms with Crippen LogP contribution in [0.4, 0.5) is 0 Å². The highest BCUT2D eigenvalue weighted by atomic mass is 16.3. The Morgan fingerprint density at radius 3 is 2.27 bits per heavy atom. The average Bonchev–Trinajstić information content (AvgIpc) is 2.72. The molecule has 3 aliphatic rings. The Morgan fingerprint density at radius 1 is 1.00 bits per heavy atom. The van der Waals surface area contributed by atoms with Gasteiger partial charge in [0, 0.05) is 23.5 Å². The van der Waals surface area contributed by atoms with Crippen LogP contribution >= 0.6 is 0 Å². The summed E-state index contributed by atoms with van der Waals surface area (Å²) < 4.78 is 1.49. The monoisotopic (exact) mass is 297 g/mol. The number of hydrogen-bond donors (Lipinski definition) is 2. The van der Waals surface area contributed by atoms with Crippen molar-refractivity contribution in [3.05, 3.63) is 40.5 Å². The summed E-state index contributed by atoms with van der Waals surface area (Å²) in [5.74, 6) is 0.111. The molecule has 0 saturated heterocycles. The molecule has 0 radical (unpaired) electrons. The van der Waals surface area contributed by atoms with Crippen LogP contribution < -0.4 is 0 Å². The first-order chi connectivity index (χ1) is 10.5. The zero-order chi connectivity index (χ0) is 15.6. The van der Waals surface area contributed by atoms with Crippen molar-refractivity contribution in [3.8, 4) is 17.4 Å². The Labute approximate surface area is 129 Å². The van der Waals surface area contributed by atoms with Crippen molar-refractivity contribution in [1.82, 2.24) is 4.57 Å². The van der Waals surface area contributed by atoms with Gasteiger partial charge in [-0.25, -0.2) is 0 Å². The van der Waals surface area contributed by atoms with Gasteiger partial charge in [0.2, 0.25) is 11.8 Å². The van der Waals surface area contributed by atoms with Crippen LogP contribution in [0.5, 0.6) is 11.8 Å². The van der Waals surface area contributed by atoms with Gasteiger partial charge in [0.1, 0.15) is 5.78 Å². The van der Waals surface area contributed by atoms with Crippen LogP contribution in [0.2, 0.25) is 0 Å². The number of rotatable bonds is 1. The summed E-state index contributed by atoms with van der Waals surface area (Å²) in [5.41, 5.74) is 4.32. The van der Waals surface area contributed by atoms with Gasteiger partial charge in [-0.3, -0.25) is 9.36 Å². The summed E-state index contributed by atoms with van der Waals surface area (Å²) in [5, 5.41) is 21.4. The van der Waals surface area contributed by atoms with Crippen molar-refractivity contribution in [2.45, 2.75) is 44.9 Å². The molecular formula is C18H19NO3. The van der Waals surface area contributed by atoms with E-state index in [1.54, 1.807) is 0 Å². The van der Waals surface area contributed by atoms with Crippen LogP contribution in [0.25, 0.3) is 5.69 Å².